The van der Waals surface area contributed by atoms with Crippen LogP contribution in [-0.2, 0) is 14.3 Å². The van der Waals surface area contributed by atoms with Gasteiger partial charge in [-0.1, -0.05) is 6.08 Å². The van der Waals surface area contributed by atoms with Crippen molar-refractivity contribution < 1.29 is 14.3 Å². The van der Waals surface area contributed by atoms with Crippen LogP contribution in [0.15, 0.2) is 11.8 Å². The van der Waals surface area contributed by atoms with Crippen molar-refractivity contribution >= 4 is 11.9 Å². The van der Waals surface area contributed by atoms with E-state index in [1.54, 1.807) is 6.08 Å². The molecule has 0 saturated heterocycles. The number of rotatable bonds is 1. The molecule has 0 aromatic carbocycles. The maximum absolute atomic E-state index is 10.5. The van der Waals surface area contributed by atoms with E-state index in [2.05, 4.69) is 10.1 Å². The number of nitrogens with one attached hydrogen (secondary N) is 1. The Labute approximate surface area is 64.2 Å². The SMILES string of the molecule is CC(=O)NC1=CCC(=O)OC1. The molecule has 0 aromatic heterocycles. The zero-order valence-corrected chi connectivity index (χ0v) is 6.22. The molecule has 1 heterocycles. The van der Waals surface area contributed by atoms with Gasteiger partial charge in [0.05, 0.1) is 12.1 Å². The summed E-state index contributed by atoms with van der Waals surface area (Å²) in [6.07, 6.45) is 1.91. The van der Waals surface area contributed by atoms with E-state index in [9.17, 15) is 9.59 Å². The van der Waals surface area contributed by atoms with E-state index >= 15 is 0 Å². The molecule has 1 N–H and O–H groups in total. The molecule has 1 rings (SSSR count). The zero-order valence-electron chi connectivity index (χ0n) is 6.22. The van der Waals surface area contributed by atoms with Crippen LogP contribution >= 0.6 is 0 Å². The van der Waals surface area contributed by atoms with E-state index in [1.165, 1.54) is 6.92 Å². The van der Waals surface area contributed by atoms with Crippen LogP contribution in [0, 0.1) is 0 Å². The fourth-order valence-electron chi connectivity index (χ4n) is 0.796. The first-order chi connectivity index (χ1) is 5.18. The van der Waals surface area contributed by atoms with Gasteiger partial charge in [-0.25, -0.2) is 0 Å². The minimum atomic E-state index is -0.251. The highest BCUT2D eigenvalue weighted by molar-refractivity contribution is 5.77. The van der Waals surface area contributed by atoms with Crippen molar-refractivity contribution in [2.45, 2.75) is 13.3 Å². The van der Waals surface area contributed by atoms with Crippen molar-refractivity contribution in [2.75, 3.05) is 6.61 Å². The lowest BCUT2D eigenvalue weighted by Gasteiger charge is -2.12. The van der Waals surface area contributed by atoms with E-state index in [0.717, 1.165) is 0 Å². The minimum absolute atomic E-state index is 0.144. The predicted octanol–water partition coefficient (Wildman–Crippen LogP) is -0.0467. The second-order valence-electron chi connectivity index (χ2n) is 2.28. The van der Waals surface area contributed by atoms with Gasteiger partial charge in [0.25, 0.3) is 0 Å². The number of carbonyl (C=O) groups excluding carboxylic acids is 2. The van der Waals surface area contributed by atoms with Gasteiger partial charge >= 0.3 is 5.97 Å². The normalized spacial score (nSPS) is 16.8. The van der Waals surface area contributed by atoms with Gasteiger partial charge in [0, 0.05) is 6.92 Å². The molecule has 0 radical (unpaired) electrons. The molecule has 0 aromatic rings. The smallest absolute Gasteiger partial charge is 0.310 e. The first-order valence-corrected chi connectivity index (χ1v) is 3.31. The molecule has 4 nitrogen and oxygen atoms in total. The Hall–Kier alpha value is -1.32. The van der Waals surface area contributed by atoms with Gasteiger partial charge in [-0.05, 0) is 0 Å². The molecule has 60 valence electrons. The van der Waals surface area contributed by atoms with Gasteiger partial charge in [-0.3, -0.25) is 9.59 Å². The van der Waals surface area contributed by atoms with Crippen LogP contribution in [0.1, 0.15) is 13.3 Å². The topological polar surface area (TPSA) is 55.4 Å². The predicted molar refractivity (Wildman–Crippen MR) is 37.5 cm³/mol. The first kappa shape index (κ1) is 7.78. The molecule has 0 saturated carbocycles. The largest absolute Gasteiger partial charge is 0.459 e. The van der Waals surface area contributed by atoms with E-state index in [4.69, 9.17) is 0 Å². The number of hydrogen-bond donors (Lipinski definition) is 1. The summed E-state index contributed by atoms with van der Waals surface area (Å²) in [5, 5.41) is 2.55. The summed E-state index contributed by atoms with van der Waals surface area (Å²) in [5.41, 5.74) is 0.664. The molecule has 0 bridgehead atoms. The van der Waals surface area contributed by atoms with E-state index < -0.39 is 0 Å². The molecule has 0 aliphatic carbocycles. The van der Waals surface area contributed by atoms with Crippen LogP contribution in [-0.4, -0.2) is 18.5 Å². The van der Waals surface area contributed by atoms with Crippen molar-refractivity contribution in [3.05, 3.63) is 11.8 Å². The van der Waals surface area contributed by atoms with Gasteiger partial charge in [0.15, 0.2) is 0 Å². The summed E-state index contributed by atoms with van der Waals surface area (Å²) >= 11 is 0. The standard InChI is InChI=1S/C7H9NO3/c1-5(9)8-6-2-3-7(10)11-4-6/h2H,3-4H2,1H3,(H,8,9). The third kappa shape index (κ3) is 2.41. The number of esters is 1. The Kier molecular flexibility index (Phi) is 2.25. The summed E-state index contributed by atoms with van der Waals surface area (Å²) in [7, 11) is 0. The minimum Gasteiger partial charge on any atom is -0.459 e. The van der Waals surface area contributed by atoms with Crippen molar-refractivity contribution in [1.82, 2.24) is 5.32 Å². The van der Waals surface area contributed by atoms with E-state index in [0.29, 0.717) is 5.70 Å². The Morgan fingerprint density at radius 3 is 2.91 bits per heavy atom. The Morgan fingerprint density at radius 2 is 2.45 bits per heavy atom. The van der Waals surface area contributed by atoms with Crippen LogP contribution in [0.25, 0.3) is 0 Å². The van der Waals surface area contributed by atoms with Crippen LogP contribution in [0.5, 0.6) is 0 Å². The van der Waals surface area contributed by atoms with Gasteiger partial charge in [-0.2, -0.15) is 0 Å². The number of hydrogen-bond acceptors (Lipinski definition) is 3. The summed E-state index contributed by atoms with van der Waals surface area (Å²) in [5.74, 6) is -0.395. The lowest BCUT2D eigenvalue weighted by molar-refractivity contribution is -0.143. The maximum atomic E-state index is 10.5. The molecular formula is C7H9NO3. The average Bonchev–Trinajstić information content (AvgIpc) is 1.93. The number of amides is 1. The molecule has 0 fully saturated rings. The molecule has 0 unspecified atom stereocenters. The molecule has 11 heavy (non-hydrogen) atoms. The lowest BCUT2D eigenvalue weighted by Crippen LogP contribution is -2.26. The van der Waals surface area contributed by atoms with Crippen molar-refractivity contribution in [2.24, 2.45) is 0 Å². The van der Waals surface area contributed by atoms with Crippen molar-refractivity contribution in [1.29, 1.82) is 0 Å². The van der Waals surface area contributed by atoms with Gasteiger partial charge < -0.3 is 10.1 Å². The lowest BCUT2D eigenvalue weighted by atomic mass is 10.3. The van der Waals surface area contributed by atoms with Crippen molar-refractivity contribution in [3.63, 3.8) is 0 Å². The highest BCUT2D eigenvalue weighted by Gasteiger charge is 2.10. The number of cyclic esters (lactones) is 1. The van der Waals surface area contributed by atoms with E-state index in [1.807, 2.05) is 0 Å². The number of ether oxygens (including phenoxy) is 1. The molecule has 1 amide bonds. The number of carbonyl (C=O) groups is 2. The summed E-state index contributed by atoms with van der Waals surface area (Å²) in [4.78, 5) is 21.0. The van der Waals surface area contributed by atoms with Crippen LogP contribution in [0.2, 0.25) is 0 Å². The zero-order chi connectivity index (χ0) is 8.27. The third-order valence-corrected chi connectivity index (χ3v) is 1.24. The Morgan fingerprint density at radius 1 is 1.73 bits per heavy atom. The molecule has 0 spiro atoms. The second-order valence-corrected chi connectivity index (χ2v) is 2.28. The summed E-state index contributed by atoms with van der Waals surface area (Å²) in [6, 6.07) is 0. The highest BCUT2D eigenvalue weighted by atomic mass is 16.5. The fourth-order valence-corrected chi connectivity index (χ4v) is 0.796. The Bertz CT molecular complexity index is 220. The van der Waals surface area contributed by atoms with Crippen LogP contribution in [0.3, 0.4) is 0 Å². The van der Waals surface area contributed by atoms with Crippen molar-refractivity contribution in [3.8, 4) is 0 Å². The summed E-state index contributed by atoms with van der Waals surface area (Å²) in [6.45, 7) is 1.59. The molecule has 1 aliphatic rings. The molecular weight excluding hydrogens is 146 g/mol. The van der Waals surface area contributed by atoms with Crippen LogP contribution in [0.4, 0.5) is 0 Å². The highest BCUT2D eigenvalue weighted by Crippen LogP contribution is 2.03. The summed E-state index contributed by atoms with van der Waals surface area (Å²) < 4.78 is 4.67. The molecule has 1 aliphatic heterocycles. The van der Waals surface area contributed by atoms with Gasteiger partial charge in [-0.15, -0.1) is 0 Å². The van der Waals surface area contributed by atoms with Gasteiger partial charge in [0.1, 0.15) is 6.61 Å². The van der Waals surface area contributed by atoms with Crippen LogP contribution < -0.4 is 5.32 Å². The second kappa shape index (κ2) is 3.18. The quantitative estimate of drug-likeness (QED) is 0.540. The first-order valence-electron chi connectivity index (χ1n) is 3.31. The van der Waals surface area contributed by atoms with E-state index in [-0.39, 0.29) is 24.9 Å². The monoisotopic (exact) mass is 155 g/mol. The molecule has 0 atom stereocenters. The molecule has 4 heteroatoms. The maximum Gasteiger partial charge on any atom is 0.310 e. The Balaban J connectivity index is 2.48. The fraction of sp³-hybridized carbons (Fsp3) is 0.429. The average molecular weight is 155 g/mol. The third-order valence-electron chi connectivity index (χ3n) is 1.24. The van der Waals surface area contributed by atoms with Gasteiger partial charge in [0.2, 0.25) is 5.91 Å².